The lowest BCUT2D eigenvalue weighted by atomic mass is 9.93. The minimum Gasteiger partial charge on any atom is -0.495 e. The zero-order chi connectivity index (χ0) is 14.4. The highest BCUT2D eigenvalue weighted by Crippen LogP contribution is 2.25. The molecule has 5 heteroatoms. The second-order valence-corrected chi connectivity index (χ2v) is 5.24. The van der Waals surface area contributed by atoms with E-state index in [-0.39, 0.29) is 5.91 Å². The standard InChI is InChI=1S/C15H23N3O2/c1-20-14-4-3-12(10-13(14)16)18-15(19)5-2-11-6-8-17-9-7-11/h3-4,10-11,17H,2,5-9,16H2,1H3,(H,18,19). The first-order chi connectivity index (χ1) is 9.69. The maximum Gasteiger partial charge on any atom is 0.224 e. The molecule has 0 radical (unpaired) electrons. The molecule has 0 aromatic heterocycles. The average molecular weight is 277 g/mol. The molecular formula is C15H23N3O2. The molecule has 1 aliphatic heterocycles. The number of nitrogens with two attached hydrogens (primary N) is 1. The van der Waals surface area contributed by atoms with Crippen molar-refractivity contribution in [1.82, 2.24) is 5.32 Å². The number of anilines is 2. The fraction of sp³-hybridized carbons (Fsp3) is 0.533. The Bertz CT molecular complexity index is 456. The highest BCUT2D eigenvalue weighted by Gasteiger charge is 2.14. The molecule has 1 amide bonds. The Morgan fingerprint density at radius 1 is 1.45 bits per heavy atom. The van der Waals surface area contributed by atoms with Crippen LogP contribution in [0, 0.1) is 5.92 Å². The number of nitrogen functional groups attached to an aromatic ring is 1. The van der Waals surface area contributed by atoms with Gasteiger partial charge in [0.1, 0.15) is 5.75 Å². The summed E-state index contributed by atoms with van der Waals surface area (Å²) in [4.78, 5) is 11.9. The predicted molar refractivity (Wildman–Crippen MR) is 80.9 cm³/mol. The summed E-state index contributed by atoms with van der Waals surface area (Å²) in [5.74, 6) is 1.34. The van der Waals surface area contributed by atoms with Crippen molar-refractivity contribution in [3.8, 4) is 5.75 Å². The average Bonchev–Trinajstić information content (AvgIpc) is 2.46. The third kappa shape index (κ3) is 4.13. The molecule has 1 fully saturated rings. The van der Waals surface area contributed by atoms with E-state index in [1.165, 1.54) is 12.8 Å². The van der Waals surface area contributed by atoms with E-state index in [0.29, 0.717) is 23.8 Å². The van der Waals surface area contributed by atoms with Gasteiger partial charge in [-0.15, -0.1) is 0 Å². The van der Waals surface area contributed by atoms with Crippen LogP contribution in [0.3, 0.4) is 0 Å². The van der Waals surface area contributed by atoms with E-state index in [9.17, 15) is 4.79 Å². The number of hydrogen-bond donors (Lipinski definition) is 3. The van der Waals surface area contributed by atoms with E-state index in [1.807, 2.05) is 0 Å². The van der Waals surface area contributed by atoms with Gasteiger partial charge in [-0.3, -0.25) is 4.79 Å². The van der Waals surface area contributed by atoms with Gasteiger partial charge in [0.15, 0.2) is 0 Å². The summed E-state index contributed by atoms with van der Waals surface area (Å²) in [5.41, 5.74) is 7.07. The lowest BCUT2D eigenvalue weighted by Gasteiger charge is -2.22. The lowest BCUT2D eigenvalue weighted by molar-refractivity contribution is -0.116. The number of nitrogens with one attached hydrogen (secondary N) is 2. The van der Waals surface area contributed by atoms with Gasteiger partial charge >= 0.3 is 0 Å². The smallest absolute Gasteiger partial charge is 0.224 e. The number of ether oxygens (including phenoxy) is 1. The number of carbonyl (C=O) groups excluding carboxylic acids is 1. The molecule has 1 saturated heterocycles. The highest BCUT2D eigenvalue weighted by atomic mass is 16.5. The third-order valence-electron chi connectivity index (χ3n) is 3.75. The van der Waals surface area contributed by atoms with Gasteiger partial charge in [-0.05, 0) is 56.5 Å². The largest absolute Gasteiger partial charge is 0.495 e. The van der Waals surface area contributed by atoms with E-state index >= 15 is 0 Å². The van der Waals surface area contributed by atoms with Crippen LogP contribution in [0.15, 0.2) is 18.2 Å². The minimum atomic E-state index is 0.0492. The Hall–Kier alpha value is -1.75. The van der Waals surface area contributed by atoms with E-state index < -0.39 is 0 Å². The quantitative estimate of drug-likeness (QED) is 0.719. The highest BCUT2D eigenvalue weighted by molar-refractivity contribution is 5.91. The summed E-state index contributed by atoms with van der Waals surface area (Å²) in [6.45, 7) is 2.14. The SMILES string of the molecule is COc1ccc(NC(=O)CCC2CCNCC2)cc1N. The number of rotatable bonds is 5. The maximum absolute atomic E-state index is 11.9. The fourth-order valence-electron chi connectivity index (χ4n) is 2.54. The van der Waals surface area contributed by atoms with Crippen molar-refractivity contribution < 1.29 is 9.53 Å². The van der Waals surface area contributed by atoms with Crippen LogP contribution in [-0.2, 0) is 4.79 Å². The molecule has 4 N–H and O–H groups in total. The summed E-state index contributed by atoms with van der Waals surface area (Å²) < 4.78 is 5.09. The van der Waals surface area contributed by atoms with Gasteiger partial charge in [0.05, 0.1) is 12.8 Å². The Labute approximate surface area is 119 Å². The monoisotopic (exact) mass is 277 g/mol. The van der Waals surface area contributed by atoms with Gasteiger partial charge in [-0.25, -0.2) is 0 Å². The van der Waals surface area contributed by atoms with Crippen molar-refractivity contribution in [3.05, 3.63) is 18.2 Å². The van der Waals surface area contributed by atoms with Gasteiger partial charge in [0, 0.05) is 12.1 Å². The number of amides is 1. The van der Waals surface area contributed by atoms with E-state index in [1.54, 1.807) is 25.3 Å². The molecule has 1 aromatic rings. The molecular weight excluding hydrogens is 254 g/mol. The minimum absolute atomic E-state index is 0.0492. The molecule has 0 atom stereocenters. The van der Waals surface area contributed by atoms with Gasteiger partial charge in [-0.2, -0.15) is 0 Å². The first kappa shape index (κ1) is 14.7. The second-order valence-electron chi connectivity index (χ2n) is 5.24. The van der Waals surface area contributed by atoms with Crippen molar-refractivity contribution in [2.24, 2.45) is 5.92 Å². The van der Waals surface area contributed by atoms with Crippen LogP contribution in [0.4, 0.5) is 11.4 Å². The van der Waals surface area contributed by atoms with Crippen molar-refractivity contribution in [2.45, 2.75) is 25.7 Å². The Balaban J connectivity index is 1.80. The summed E-state index contributed by atoms with van der Waals surface area (Å²) in [6.07, 6.45) is 3.86. The number of benzene rings is 1. The van der Waals surface area contributed by atoms with Gasteiger partial charge < -0.3 is 21.1 Å². The Morgan fingerprint density at radius 3 is 2.85 bits per heavy atom. The van der Waals surface area contributed by atoms with E-state index in [2.05, 4.69) is 10.6 Å². The van der Waals surface area contributed by atoms with Crippen LogP contribution in [0.1, 0.15) is 25.7 Å². The molecule has 0 saturated carbocycles. The van der Waals surface area contributed by atoms with E-state index in [0.717, 1.165) is 25.2 Å². The summed E-state index contributed by atoms with van der Waals surface area (Å²) in [6, 6.07) is 5.29. The van der Waals surface area contributed by atoms with Crippen molar-refractivity contribution in [1.29, 1.82) is 0 Å². The number of piperidine rings is 1. The topological polar surface area (TPSA) is 76.4 Å². The van der Waals surface area contributed by atoms with E-state index in [4.69, 9.17) is 10.5 Å². The Kier molecular flexibility index (Phi) is 5.24. The zero-order valence-electron chi connectivity index (χ0n) is 11.9. The van der Waals surface area contributed by atoms with Gasteiger partial charge in [-0.1, -0.05) is 0 Å². The molecule has 1 heterocycles. The van der Waals surface area contributed by atoms with Crippen molar-refractivity contribution in [3.63, 3.8) is 0 Å². The van der Waals surface area contributed by atoms with Crippen LogP contribution < -0.4 is 21.1 Å². The number of carbonyl (C=O) groups is 1. The third-order valence-corrected chi connectivity index (χ3v) is 3.75. The maximum atomic E-state index is 11.9. The lowest BCUT2D eigenvalue weighted by Crippen LogP contribution is -2.28. The van der Waals surface area contributed by atoms with Crippen LogP contribution in [0.25, 0.3) is 0 Å². The molecule has 2 rings (SSSR count). The molecule has 0 unspecified atom stereocenters. The molecule has 20 heavy (non-hydrogen) atoms. The second kappa shape index (κ2) is 7.14. The fourth-order valence-corrected chi connectivity index (χ4v) is 2.54. The van der Waals surface area contributed by atoms with Crippen LogP contribution >= 0.6 is 0 Å². The summed E-state index contributed by atoms with van der Waals surface area (Å²) >= 11 is 0. The Morgan fingerprint density at radius 2 is 2.20 bits per heavy atom. The zero-order valence-corrected chi connectivity index (χ0v) is 11.9. The number of methoxy groups -OCH3 is 1. The van der Waals surface area contributed by atoms with Crippen LogP contribution in [-0.4, -0.2) is 26.1 Å². The molecule has 110 valence electrons. The predicted octanol–water partition coefficient (Wildman–Crippen LogP) is 2.00. The van der Waals surface area contributed by atoms with Gasteiger partial charge in [0.25, 0.3) is 0 Å². The first-order valence-corrected chi connectivity index (χ1v) is 7.13. The first-order valence-electron chi connectivity index (χ1n) is 7.13. The summed E-state index contributed by atoms with van der Waals surface area (Å²) in [7, 11) is 1.57. The molecule has 0 bridgehead atoms. The molecule has 1 aliphatic rings. The number of hydrogen-bond acceptors (Lipinski definition) is 4. The van der Waals surface area contributed by atoms with Crippen LogP contribution in [0.2, 0.25) is 0 Å². The van der Waals surface area contributed by atoms with Gasteiger partial charge in [0.2, 0.25) is 5.91 Å². The molecule has 0 aliphatic carbocycles. The molecule has 0 spiro atoms. The van der Waals surface area contributed by atoms with Crippen molar-refractivity contribution in [2.75, 3.05) is 31.2 Å². The summed E-state index contributed by atoms with van der Waals surface area (Å²) in [5, 5.41) is 6.22. The van der Waals surface area contributed by atoms with Crippen molar-refractivity contribution >= 4 is 17.3 Å². The van der Waals surface area contributed by atoms with Crippen LogP contribution in [0.5, 0.6) is 5.75 Å². The molecule has 1 aromatic carbocycles. The molecule has 5 nitrogen and oxygen atoms in total. The normalized spacial score (nSPS) is 15.8.